The average molecular weight is 681 g/mol. The number of anilines is 1. The topological polar surface area (TPSA) is 89.4 Å². The Morgan fingerprint density at radius 3 is 2.56 bits per heavy atom. The number of piperidine rings is 1. The number of ether oxygens (including phenoxy) is 2. The number of benzene rings is 2. The zero-order valence-electron chi connectivity index (χ0n) is 26.6. The number of aromatic nitrogens is 2. The number of para-hydroxylation sites is 1. The molecule has 3 aliphatic heterocycles. The maximum atomic E-state index is 12.9. The van der Waals surface area contributed by atoms with E-state index in [-0.39, 0.29) is 18.6 Å². The molecule has 1 amide bonds. The largest absolute Gasteiger partial charge is 0.528 e. The summed E-state index contributed by atoms with van der Waals surface area (Å²) in [6, 6.07) is 14.3. The van der Waals surface area contributed by atoms with Crippen LogP contribution in [-0.2, 0) is 33.9 Å². The highest BCUT2D eigenvalue weighted by atomic mass is 79.9. The number of likely N-dealkylation sites (tertiary alicyclic amines) is 1. The summed E-state index contributed by atoms with van der Waals surface area (Å²) in [5.74, 6) is 0.858. The van der Waals surface area contributed by atoms with Gasteiger partial charge in [0, 0.05) is 59.9 Å². The maximum Gasteiger partial charge on any atom is 0.528 e. The van der Waals surface area contributed by atoms with Gasteiger partial charge in [0.25, 0.3) is 5.91 Å². The second-order valence-electron chi connectivity index (χ2n) is 13.1. The number of amides is 1. The molecule has 0 atom stereocenters. The van der Waals surface area contributed by atoms with Gasteiger partial charge in [-0.15, -0.1) is 5.06 Å². The molecule has 1 saturated heterocycles. The Morgan fingerprint density at radius 1 is 1.07 bits per heavy atom. The molecule has 10 nitrogen and oxygen atoms in total. The SMILES string of the molecule is Cc1cccc2c1N(C1CCN(CCCn3nc(-c4ccc(Br)cc4)c4c3CCN(OC(=O)OC(C)(C)C)C4)CC1)C(=O)CO2. The first-order valence-corrected chi connectivity index (χ1v) is 16.6. The van der Waals surface area contributed by atoms with Gasteiger partial charge in [0.15, 0.2) is 6.61 Å². The van der Waals surface area contributed by atoms with E-state index in [1.807, 2.05) is 62.9 Å². The lowest BCUT2D eigenvalue weighted by Crippen LogP contribution is -2.51. The molecule has 0 radical (unpaired) electrons. The summed E-state index contributed by atoms with van der Waals surface area (Å²) in [5.41, 5.74) is 5.62. The number of carbonyl (C=O) groups excluding carboxylic acids is 2. The summed E-state index contributed by atoms with van der Waals surface area (Å²) in [4.78, 5) is 35.4. The number of fused-ring (bicyclic) bond motifs is 2. The Morgan fingerprint density at radius 2 is 1.82 bits per heavy atom. The van der Waals surface area contributed by atoms with Gasteiger partial charge in [-0.1, -0.05) is 40.2 Å². The van der Waals surface area contributed by atoms with E-state index in [1.54, 1.807) is 5.06 Å². The monoisotopic (exact) mass is 679 g/mol. The van der Waals surface area contributed by atoms with Crippen molar-refractivity contribution in [1.82, 2.24) is 19.7 Å². The van der Waals surface area contributed by atoms with Gasteiger partial charge >= 0.3 is 6.16 Å². The van der Waals surface area contributed by atoms with Crippen LogP contribution in [0.5, 0.6) is 5.75 Å². The number of hydroxylamine groups is 2. The van der Waals surface area contributed by atoms with E-state index in [9.17, 15) is 9.59 Å². The molecule has 6 rings (SSSR count). The van der Waals surface area contributed by atoms with Crippen molar-refractivity contribution in [3.63, 3.8) is 0 Å². The van der Waals surface area contributed by atoms with Gasteiger partial charge in [-0.2, -0.15) is 5.10 Å². The molecule has 240 valence electrons. The predicted molar refractivity (Wildman–Crippen MR) is 175 cm³/mol. The smallest absolute Gasteiger partial charge is 0.482 e. The van der Waals surface area contributed by atoms with E-state index in [2.05, 4.69) is 37.6 Å². The van der Waals surface area contributed by atoms with Crippen molar-refractivity contribution >= 4 is 33.7 Å². The standard InChI is InChI=1S/C34H42BrN5O5/c1-23-7-5-8-29-32(23)40(30(41)22-43-29)26-13-18-37(19-14-26)16-6-17-39-28-15-20-38(45-33(42)44-34(2,3)4)21-27(28)31(36-39)24-9-11-25(35)12-10-24/h5,7-12,26H,6,13-22H2,1-4H3. The van der Waals surface area contributed by atoms with Crippen LogP contribution >= 0.6 is 15.9 Å². The number of halogens is 1. The van der Waals surface area contributed by atoms with Crippen LogP contribution in [0.15, 0.2) is 46.9 Å². The third-order valence-corrected chi connectivity index (χ3v) is 9.17. The number of rotatable bonds is 7. The van der Waals surface area contributed by atoms with Crippen LogP contribution in [0.25, 0.3) is 11.3 Å². The van der Waals surface area contributed by atoms with Gasteiger partial charge in [-0.25, -0.2) is 4.79 Å². The summed E-state index contributed by atoms with van der Waals surface area (Å²) < 4.78 is 14.3. The molecule has 0 saturated carbocycles. The number of aryl methyl sites for hydroxylation is 2. The maximum absolute atomic E-state index is 12.9. The fourth-order valence-corrected chi connectivity index (χ4v) is 6.83. The lowest BCUT2D eigenvalue weighted by atomic mass is 9.99. The second-order valence-corrected chi connectivity index (χ2v) is 14.0. The van der Waals surface area contributed by atoms with Crippen molar-refractivity contribution in [3.05, 3.63) is 63.8 Å². The number of hydrogen-bond acceptors (Lipinski definition) is 8. The number of nitrogens with zero attached hydrogens (tertiary/aromatic N) is 5. The minimum atomic E-state index is -0.690. The lowest BCUT2D eigenvalue weighted by Gasteiger charge is -2.41. The van der Waals surface area contributed by atoms with Crippen molar-refractivity contribution in [3.8, 4) is 17.0 Å². The second kappa shape index (κ2) is 13.1. The van der Waals surface area contributed by atoms with E-state index < -0.39 is 11.8 Å². The van der Waals surface area contributed by atoms with Crippen LogP contribution in [0.1, 0.15) is 56.9 Å². The molecular weight excluding hydrogens is 638 g/mol. The first kappa shape index (κ1) is 31.6. The van der Waals surface area contributed by atoms with Gasteiger partial charge in [-0.3, -0.25) is 9.48 Å². The van der Waals surface area contributed by atoms with Crippen LogP contribution in [0.3, 0.4) is 0 Å². The van der Waals surface area contributed by atoms with Gasteiger partial charge in [-0.05, 0) is 77.3 Å². The Kier molecular flexibility index (Phi) is 9.22. The van der Waals surface area contributed by atoms with E-state index in [0.29, 0.717) is 13.1 Å². The van der Waals surface area contributed by atoms with Crippen molar-refractivity contribution in [2.45, 2.75) is 78.1 Å². The zero-order chi connectivity index (χ0) is 31.7. The summed E-state index contributed by atoms with van der Waals surface area (Å²) >= 11 is 3.54. The normalized spacial score (nSPS) is 17.9. The molecule has 45 heavy (non-hydrogen) atoms. The highest BCUT2D eigenvalue weighted by Gasteiger charge is 2.35. The van der Waals surface area contributed by atoms with Crippen LogP contribution < -0.4 is 9.64 Å². The molecule has 4 heterocycles. The Bertz CT molecular complexity index is 1540. The highest BCUT2D eigenvalue weighted by Crippen LogP contribution is 2.38. The fourth-order valence-electron chi connectivity index (χ4n) is 6.57. The molecule has 11 heteroatoms. The molecule has 0 bridgehead atoms. The van der Waals surface area contributed by atoms with Crippen molar-refractivity contribution in [2.75, 3.05) is 37.7 Å². The Labute approximate surface area is 273 Å². The first-order chi connectivity index (χ1) is 21.6. The third-order valence-electron chi connectivity index (χ3n) is 8.64. The van der Waals surface area contributed by atoms with Gasteiger partial charge in [0.1, 0.15) is 11.4 Å². The fraction of sp³-hybridized carbons (Fsp3) is 0.500. The molecule has 1 fully saturated rings. The van der Waals surface area contributed by atoms with Crippen molar-refractivity contribution in [2.24, 2.45) is 0 Å². The lowest BCUT2D eigenvalue weighted by molar-refractivity contribution is -0.151. The summed E-state index contributed by atoms with van der Waals surface area (Å²) in [6.07, 6.45) is 2.89. The van der Waals surface area contributed by atoms with Crippen molar-refractivity contribution in [1.29, 1.82) is 0 Å². The molecular formula is C34H42BrN5O5. The molecule has 3 aromatic rings. The Balaban J connectivity index is 1.09. The third kappa shape index (κ3) is 7.21. The van der Waals surface area contributed by atoms with Crippen LogP contribution in [0.2, 0.25) is 0 Å². The predicted octanol–water partition coefficient (Wildman–Crippen LogP) is 6.13. The summed E-state index contributed by atoms with van der Waals surface area (Å²) in [7, 11) is 0. The molecule has 2 aromatic carbocycles. The molecule has 0 N–H and O–H groups in total. The highest BCUT2D eigenvalue weighted by molar-refractivity contribution is 9.10. The van der Waals surface area contributed by atoms with Crippen LogP contribution in [0.4, 0.5) is 10.5 Å². The molecule has 1 aromatic heterocycles. The van der Waals surface area contributed by atoms with E-state index in [0.717, 1.165) is 90.2 Å². The van der Waals surface area contributed by atoms with E-state index in [4.69, 9.17) is 19.4 Å². The van der Waals surface area contributed by atoms with Crippen molar-refractivity contribution < 1.29 is 23.9 Å². The molecule has 0 aliphatic carbocycles. The first-order valence-electron chi connectivity index (χ1n) is 15.8. The quantitative estimate of drug-likeness (QED) is 0.276. The van der Waals surface area contributed by atoms with E-state index in [1.165, 1.54) is 5.69 Å². The zero-order valence-corrected chi connectivity index (χ0v) is 28.1. The molecule has 0 unspecified atom stereocenters. The average Bonchev–Trinajstić information content (AvgIpc) is 3.35. The number of carbonyl (C=O) groups is 2. The van der Waals surface area contributed by atoms with Crippen LogP contribution in [0, 0.1) is 6.92 Å². The van der Waals surface area contributed by atoms with E-state index >= 15 is 0 Å². The van der Waals surface area contributed by atoms with Gasteiger partial charge in [0.05, 0.1) is 17.9 Å². The molecule has 3 aliphatic rings. The number of hydrogen-bond donors (Lipinski definition) is 0. The molecule has 0 spiro atoms. The van der Waals surface area contributed by atoms with Gasteiger partial charge in [0.2, 0.25) is 0 Å². The Hall–Kier alpha value is -3.41. The van der Waals surface area contributed by atoms with Crippen LogP contribution in [-0.4, -0.2) is 76.2 Å². The minimum absolute atomic E-state index is 0.0512. The van der Waals surface area contributed by atoms with Gasteiger partial charge < -0.3 is 24.1 Å². The summed E-state index contributed by atoms with van der Waals surface area (Å²) in [6.45, 7) is 12.3. The summed E-state index contributed by atoms with van der Waals surface area (Å²) in [5, 5.41) is 6.76. The minimum Gasteiger partial charge on any atom is -0.482 e.